The van der Waals surface area contributed by atoms with Gasteiger partial charge in [-0.2, -0.15) is 0 Å². The first-order chi connectivity index (χ1) is 11.4. The van der Waals surface area contributed by atoms with Crippen molar-refractivity contribution in [3.05, 3.63) is 35.9 Å². The standard InChI is InChI=1S/C16H22N4O3S/c17-16(18)19-10-4-7-12(15(22)23)20-14(24)9-8-13(21)11-5-2-1-3-6-11/h1-3,5-6,12H,4,7-10H2,(H,20,24)(H,22,23)(H4,17,18,19)/t12-/m0/s1. The summed E-state index contributed by atoms with van der Waals surface area (Å²) in [6.07, 6.45) is 1.38. The zero-order chi connectivity index (χ0) is 17.9. The number of aliphatic carboxylic acids is 1. The van der Waals surface area contributed by atoms with Crippen molar-refractivity contribution in [3.63, 3.8) is 0 Å². The second-order valence-corrected chi connectivity index (χ2v) is 5.69. The number of carboxylic acids is 1. The highest BCUT2D eigenvalue weighted by atomic mass is 32.1. The van der Waals surface area contributed by atoms with Gasteiger partial charge in [0.05, 0.1) is 4.99 Å². The van der Waals surface area contributed by atoms with Crippen LogP contribution in [0.15, 0.2) is 35.3 Å². The zero-order valence-corrected chi connectivity index (χ0v) is 14.1. The predicted octanol–water partition coefficient (Wildman–Crippen LogP) is 1.07. The third-order valence-electron chi connectivity index (χ3n) is 3.25. The lowest BCUT2D eigenvalue weighted by molar-refractivity contribution is -0.139. The molecule has 1 atom stereocenters. The highest BCUT2D eigenvalue weighted by molar-refractivity contribution is 7.80. The third-order valence-corrected chi connectivity index (χ3v) is 3.58. The molecule has 24 heavy (non-hydrogen) atoms. The highest BCUT2D eigenvalue weighted by Gasteiger charge is 2.18. The molecule has 0 aliphatic rings. The Bertz CT molecular complexity index is 601. The molecule has 0 amide bonds. The number of rotatable bonds is 10. The Morgan fingerprint density at radius 3 is 2.46 bits per heavy atom. The molecule has 0 bridgehead atoms. The topological polar surface area (TPSA) is 131 Å². The van der Waals surface area contributed by atoms with E-state index in [2.05, 4.69) is 10.3 Å². The first-order valence-corrected chi connectivity index (χ1v) is 7.96. The van der Waals surface area contributed by atoms with Crippen molar-refractivity contribution in [1.82, 2.24) is 5.32 Å². The number of aliphatic imine (C=N–C) groups is 1. The molecule has 6 N–H and O–H groups in total. The van der Waals surface area contributed by atoms with Crippen molar-refractivity contribution in [1.29, 1.82) is 0 Å². The van der Waals surface area contributed by atoms with Crippen LogP contribution < -0.4 is 16.8 Å². The van der Waals surface area contributed by atoms with E-state index in [9.17, 15) is 14.7 Å². The second-order valence-electron chi connectivity index (χ2n) is 5.20. The van der Waals surface area contributed by atoms with Crippen LogP contribution in [0.2, 0.25) is 0 Å². The quantitative estimate of drug-likeness (QED) is 0.163. The largest absolute Gasteiger partial charge is 0.480 e. The van der Waals surface area contributed by atoms with E-state index in [4.69, 9.17) is 23.7 Å². The number of nitrogens with zero attached hydrogens (tertiary/aromatic N) is 1. The van der Waals surface area contributed by atoms with E-state index in [0.717, 1.165) is 0 Å². The van der Waals surface area contributed by atoms with E-state index in [0.29, 0.717) is 36.4 Å². The maximum atomic E-state index is 12.0. The van der Waals surface area contributed by atoms with E-state index in [-0.39, 0.29) is 18.2 Å². The number of nitrogens with one attached hydrogen (secondary N) is 1. The molecular formula is C16H22N4O3S. The summed E-state index contributed by atoms with van der Waals surface area (Å²) in [7, 11) is 0. The van der Waals surface area contributed by atoms with E-state index < -0.39 is 12.0 Å². The van der Waals surface area contributed by atoms with Gasteiger partial charge in [0.25, 0.3) is 0 Å². The Morgan fingerprint density at radius 1 is 1.21 bits per heavy atom. The van der Waals surface area contributed by atoms with E-state index in [1.54, 1.807) is 24.3 Å². The summed E-state index contributed by atoms with van der Waals surface area (Å²) in [6.45, 7) is 0.354. The molecule has 1 aromatic rings. The lowest BCUT2D eigenvalue weighted by Gasteiger charge is -2.15. The summed E-state index contributed by atoms with van der Waals surface area (Å²) < 4.78 is 0. The average molecular weight is 350 g/mol. The summed E-state index contributed by atoms with van der Waals surface area (Å²) >= 11 is 5.14. The molecule has 0 aliphatic heterocycles. The van der Waals surface area contributed by atoms with Crippen LogP contribution in [0.1, 0.15) is 36.0 Å². The Kier molecular flexibility index (Phi) is 8.42. The molecule has 130 valence electrons. The fraction of sp³-hybridized carbons (Fsp3) is 0.375. The number of hydrogen-bond donors (Lipinski definition) is 4. The van der Waals surface area contributed by atoms with E-state index in [1.807, 2.05) is 6.07 Å². The lowest BCUT2D eigenvalue weighted by atomic mass is 10.1. The number of guanidine groups is 1. The minimum atomic E-state index is -1.00. The Hall–Kier alpha value is -2.48. The van der Waals surface area contributed by atoms with Crippen molar-refractivity contribution in [2.45, 2.75) is 31.7 Å². The summed E-state index contributed by atoms with van der Waals surface area (Å²) in [4.78, 5) is 27.4. The number of carboxylic acid groups (broad SMARTS) is 1. The van der Waals surface area contributed by atoms with Crippen molar-refractivity contribution in [2.75, 3.05) is 6.54 Å². The van der Waals surface area contributed by atoms with Crippen molar-refractivity contribution >= 4 is 34.9 Å². The van der Waals surface area contributed by atoms with Gasteiger partial charge in [0.1, 0.15) is 6.04 Å². The minimum absolute atomic E-state index is 0.0234. The van der Waals surface area contributed by atoms with Gasteiger partial charge in [-0.05, 0) is 12.8 Å². The number of benzene rings is 1. The average Bonchev–Trinajstić information content (AvgIpc) is 2.55. The molecule has 0 fully saturated rings. The van der Waals surface area contributed by atoms with Crippen LogP contribution in [-0.2, 0) is 4.79 Å². The molecule has 0 aliphatic carbocycles. The van der Waals surface area contributed by atoms with Gasteiger partial charge < -0.3 is 21.9 Å². The highest BCUT2D eigenvalue weighted by Crippen LogP contribution is 2.06. The van der Waals surface area contributed by atoms with Crippen LogP contribution in [0, 0.1) is 0 Å². The smallest absolute Gasteiger partial charge is 0.326 e. The fourth-order valence-electron chi connectivity index (χ4n) is 2.02. The number of carbonyl (C=O) groups excluding carboxylic acids is 1. The third kappa shape index (κ3) is 7.68. The molecule has 0 heterocycles. The maximum Gasteiger partial charge on any atom is 0.326 e. The molecule has 0 radical (unpaired) electrons. The second kappa shape index (κ2) is 10.3. The zero-order valence-electron chi connectivity index (χ0n) is 13.3. The van der Waals surface area contributed by atoms with Gasteiger partial charge in [0.15, 0.2) is 11.7 Å². The van der Waals surface area contributed by atoms with Gasteiger partial charge in [-0.3, -0.25) is 9.79 Å². The Balaban J connectivity index is 2.41. The predicted molar refractivity (Wildman–Crippen MR) is 97.1 cm³/mol. The number of ketones is 1. The van der Waals surface area contributed by atoms with Crippen molar-refractivity contribution < 1.29 is 14.7 Å². The van der Waals surface area contributed by atoms with Crippen LogP contribution in [0.25, 0.3) is 0 Å². The lowest BCUT2D eigenvalue weighted by Crippen LogP contribution is -2.40. The van der Waals surface area contributed by atoms with E-state index >= 15 is 0 Å². The molecule has 0 unspecified atom stereocenters. The SMILES string of the molecule is NC(N)=NCCC[C@H](NC(=S)CCC(=O)c1ccccc1)C(=O)O. The number of thiocarbonyl (C=S) groups is 1. The number of hydrogen-bond acceptors (Lipinski definition) is 4. The number of carbonyl (C=O) groups is 2. The summed E-state index contributed by atoms with van der Waals surface area (Å²) in [5.74, 6) is -1.06. The molecule has 1 rings (SSSR count). The summed E-state index contributed by atoms with van der Waals surface area (Å²) in [5, 5.41) is 12.0. The molecule has 1 aromatic carbocycles. The van der Waals surface area contributed by atoms with E-state index in [1.165, 1.54) is 0 Å². The Labute approximate surface area is 146 Å². The number of Topliss-reactive ketones (excluding diaryl/α,β-unsaturated/α-hetero) is 1. The van der Waals surface area contributed by atoms with Gasteiger partial charge in [-0.15, -0.1) is 0 Å². The van der Waals surface area contributed by atoms with Gasteiger partial charge in [-0.1, -0.05) is 42.5 Å². The summed E-state index contributed by atoms with van der Waals surface area (Å²) in [6, 6.07) is 8.08. The Morgan fingerprint density at radius 2 is 1.88 bits per heavy atom. The molecular weight excluding hydrogens is 328 g/mol. The molecule has 8 heteroatoms. The van der Waals surface area contributed by atoms with Crippen LogP contribution >= 0.6 is 12.2 Å². The van der Waals surface area contributed by atoms with Crippen LogP contribution in [0.4, 0.5) is 0 Å². The van der Waals surface area contributed by atoms with Crippen LogP contribution in [0.3, 0.4) is 0 Å². The van der Waals surface area contributed by atoms with Gasteiger partial charge in [0.2, 0.25) is 0 Å². The first kappa shape index (κ1) is 19.6. The van der Waals surface area contributed by atoms with Crippen molar-refractivity contribution in [2.24, 2.45) is 16.5 Å². The van der Waals surface area contributed by atoms with Crippen LogP contribution in [0.5, 0.6) is 0 Å². The van der Waals surface area contributed by atoms with Crippen LogP contribution in [-0.4, -0.2) is 40.4 Å². The van der Waals surface area contributed by atoms with Gasteiger partial charge in [-0.25, -0.2) is 4.79 Å². The van der Waals surface area contributed by atoms with Crippen molar-refractivity contribution in [3.8, 4) is 0 Å². The minimum Gasteiger partial charge on any atom is -0.480 e. The molecule has 0 spiro atoms. The van der Waals surface area contributed by atoms with Gasteiger partial charge in [0, 0.05) is 24.9 Å². The van der Waals surface area contributed by atoms with Gasteiger partial charge >= 0.3 is 5.97 Å². The normalized spacial score (nSPS) is 11.3. The first-order valence-electron chi connectivity index (χ1n) is 7.56. The monoisotopic (exact) mass is 350 g/mol. The fourth-order valence-corrected chi connectivity index (χ4v) is 2.27. The molecule has 7 nitrogen and oxygen atoms in total. The molecule has 0 saturated carbocycles. The molecule has 0 aromatic heterocycles. The molecule has 0 saturated heterocycles. The summed E-state index contributed by atoms with van der Waals surface area (Å²) in [5.41, 5.74) is 11.0. The maximum absolute atomic E-state index is 12.0. The number of nitrogens with two attached hydrogens (primary N) is 2.